The molecule has 6 aromatic rings. The van der Waals surface area contributed by atoms with Crippen LogP contribution in [0.1, 0.15) is 22.4 Å². The minimum Gasteiger partial charge on any atom is -0.291 e. The molecule has 0 N–H and O–H groups in total. The van der Waals surface area contributed by atoms with E-state index in [1.54, 1.807) is 0 Å². The maximum Gasteiger partial charge on any atom is 0.145 e. The monoisotopic (exact) mass is 394 g/mol. The maximum atomic E-state index is 5.20. The van der Waals surface area contributed by atoms with Crippen molar-refractivity contribution in [2.75, 3.05) is 0 Å². The van der Waals surface area contributed by atoms with Gasteiger partial charge in [0.25, 0.3) is 0 Å². The van der Waals surface area contributed by atoms with Crippen LogP contribution in [0.15, 0.2) is 84.9 Å². The fourth-order valence-electron chi connectivity index (χ4n) is 5.87. The maximum absolute atomic E-state index is 5.20. The van der Waals surface area contributed by atoms with Gasteiger partial charge in [-0.1, -0.05) is 72.8 Å². The molecule has 0 unspecified atom stereocenters. The molecule has 2 heteroatoms. The lowest BCUT2D eigenvalue weighted by molar-refractivity contribution is 1.15. The molecule has 2 nitrogen and oxygen atoms in total. The second-order valence-corrected chi connectivity index (χ2v) is 8.81. The highest BCUT2D eigenvalue weighted by Gasteiger charge is 2.29. The minimum atomic E-state index is 0.915. The lowest BCUT2D eigenvalue weighted by Crippen LogP contribution is -1.95. The Balaban J connectivity index is 1.52. The Kier molecular flexibility index (Phi) is 2.77. The SMILES string of the molecule is c1ccc2c(c1)Cc1cc3c(cc1-2)-c1c(nc2c4ccccc4c4ccccc4n12)C3. The van der Waals surface area contributed by atoms with Crippen molar-refractivity contribution in [2.24, 2.45) is 0 Å². The molecular weight excluding hydrogens is 376 g/mol. The molecule has 0 bridgehead atoms. The van der Waals surface area contributed by atoms with E-state index in [4.69, 9.17) is 4.98 Å². The number of rotatable bonds is 0. The van der Waals surface area contributed by atoms with Crippen LogP contribution in [0.3, 0.4) is 0 Å². The van der Waals surface area contributed by atoms with Gasteiger partial charge in [-0.15, -0.1) is 0 Å². The largest absolute Gasteiger partial charge is 0.291 e. The highest BCUT2D eigenvalue weighted by atomic mass is 15.0. The van der Waals surface area contributed by atoms with Crippen molar-refractivity contribution < 1.29 is 0 Å². The van der Waals surface area contributed by atoms with E-state index in [0.29, 0.717) is 0 Å². The Morgan fingerprint density at radius 3 is 2.26 bits per heavy atom. The van der Waals surface area contributed by atoms with Crippen molar-refractivity contribution in [2.45, 2.75) is 12.8 Å². The zero-order valence-corrected chi connectivity index (χ0v) is 16.9. The molecule has 0 saturated carbocycles. The topological polar surface area (TPSA) is 17.3 Å². The van der Waals surface area contributed by atoms with E-state index in [1.807, 2.05) is 0 Å². The summed E-state index contributed by atoms with van der Waals surface area (Å²) in [6.45, 7) is 0. The Morgan fingerprint density at radius 2 is 1.32 bits per heavy atom. The van der Waals surface area contributed by atoms with Gasteiger partial charge >= 0.3 is 0 Å². The Labute approximate surface area is 179 Å². The first-order valence-electron chi connectivity index (χ1n) is 10.9. The van der Waals surface area contributed by atoms with Crippen molar-refractivity contribution in [3.63, 3.8) is 0 Å². The molecule has 2 aromatic heterocycles. The summed E-state index contributed by atoms with van der Waals surface area (Å²) in [7, 11) is 0. The van der Waals surface area contributed by atoms with Gasteiger partial charge in [0.2, 0.25) is 0 Å². The van der Waals surface area contributed by atoms with Crippen molar-refractivity contribution in [1.29, 1.82) is 0 Å². The van der Waals surface area contributed by atoms with Crippen molar-refractivity contribution in [3.8, 4) is 22.4 Å². The zero-order chi connectivity index (χ0) is 20.1. The molecule has 2 aliphatic rings. The van der Waals surface area contributed by atoms with Crippen molar-refractivity contribution >= 4 is 27.3 Å². The number of aromatic nitrogens is 2. The first-order valence-corrected chi connectivity index (χ1v) is 10.9. The van der Waals surface area contributed by atoms with Crippen LogP contribution in [0.4, 0.5) is 0 Å². The molecule has 4 aromatic carbocycles. The second kappa shape index (κ2) is 5.41. The number of nitrogens with zero attached hydrogens (tertiary/aromatic N) is 2. The van der Waals surface area contributed by atoms with Crippen molar-refractivity contribution in [1.82, 2.24) is 9.38 Å². The molecular formula is C29H18N2. The molecule has 0 spiro atoms. The number of fused-ring (bicyclic) bond motifs is 13. The van der Waals surface area contributed by atoms with Gasteiger partial charge in [-0.3, -0.25) is 4.40 Å². The van der Waals surface area contributed by atoms with Gasteiger partial charge in [-0.2, -0.15) is 0 Å². The van der Waals surface area contributed by atoms with Crippen LogP contribution in [0.5, 0.6) is 0 Å². The highest BCUT2D eigenvalue weighted by Crippen LogP contribution is 2.46. The summed E-state index contributed by atoms with van der Waals surface area (Å²) in [4.78, 5) is 5.20. The molecule has 0 amide bonds. The normalized spacial score (nSPS) is 13.5. The molecule has 2 aliphatic carbocycles. The summed E-state index contributed by atoms with van der Waals surface area (Å²) < 4.78 is 2.41. The van der Waals surface area contributed by atoms with Crippen LogP contribution in [0, 0.1) is 0 Å². The summed E-state index contributed by atoms with van der Waals surface area (Å²) in [6.07, 6.45) is 1.95. The summed E-state index contributed by atoms with van der Waals surface area (Å²) in [6, 6.07) is 31.1. The fourth-order valence-corrected chi connectivity index (χ4v) is 5.87. The number of hydrogen-bond acceptors (Lipinski definition) is 1. The number of pyridine rings is 1. The number of imidazole rings is 1. The lowest BCUT2D eigenvalue weighted by atomic mass is 9.99. The number of hydrogen-bond donors (Lipinski definition) is 0. The van der Waals surface area contributed by atoms with Gasteiger partial charge in [0.15, 0.2) is 0 Å². The summed E-state index contributed by atoms with van der Waals surface area (Å²) in [5, 5.41) is 3.78. The standard InChI is InChI=1S/C29H18N2/c1-2-8-20-17(7-1)13-18-14-19-15-26-28(25(19)16-24(18)20)31-27-12-6-5-10-22(27)21-9-3-4-11-23(21)29(31)30-26/h1-12,14,16H,13,15H2. The first-order chi connectivity index (χ1) is 15.4. The van der Waals surface area contributed by atoms with Crippen LogP contribution in [-0.2, 0) is 12.8 Å². The average molecular weight is 394 g/mol. The third kappa shape index (κ3) is 1.91. The van der Waals surface area contributed by atoms with Crippen LogP contribution in [-0.4, -0.2) is 9.38 Å². The average Bonchev–Trinajstić information content (AvgIpc) is 3.47. The molecule has 0 fully saturated rings. The summed E-state index contributed by atoms with van der Waals surface area (Å²) >= 11 is 0. The molecule has 0 atom stereocenters. The molecule has 31 heavy (non-hydrogen) atoms. The van der Waals surface area contributed by atoms with Gasteiger partial charge in [-0.05, 0) is 51.8 Å². The van der Waals surface area contributed by atoms with E-state index in [1.165, 1.54) is 66.4 Å². The lowest BCUT2D eigenvalue weighted by Gasteiger charge is -2.12. The highest BCUT2D eigenvalue weighted by molar-refractivity contribution is 6.12. The van der Waals surface area contributed by atoms with Crippen molar-refractivity contribution in [3.05, 3.63) is 107 Å². The Bertz CT molecular complexity index is 1740. The fraction of sp³-hybridized carbons (Fsp3) is 0.0690. The predicted octanol–water partition coefficient (Wildman–Crippen LogP) is 6.78. The van der Waals surface area contributed by atoms with Crippen LogP contribution >= 0.6 is 0 Å². The summed E-state index contributed by atoms with van der Waals surface area (Å²) in [5.41, 5.74) is 13.2. The first kappa shape index (κ1) is 15.9. The molecule has 0 saturated heterocycles. The molecule has 0 aliphatic heterocycles. The minimum absolute atomic E-state index is 0.915. The van der Waals surface area contributed by atoms with Gasteiger partial charge in [0, 0.05) is 22.8 Å². The summed E-state index contributed by atoms with van der Waals surface area (Å²) in [5.74, 6) is 0. The smallest absolute Gasteiger partial charge is 0.145 e. The molecule has 144 valence electrons. The number of para-hydroxylation sites is 1. The number of benzene rings is 4. The van der Waals surface area contributed by atoms with E-state index in [-0.39, 0.29) is 0 Å². The third-order valence-electron chi connectivity index (χ3n) is 7.18. The van der Waals surface area contributed by atoms with Gasteiger partial charge in [-0.25, -0.2) is 4.98 Å². The van der Waals surface area contributed by atoms with Crippen LogP contribution in [0.25, 0.3) is 49.7 Å². The molecule has 0 radical (unpaired) electrons. The predicted molar refractivity (Wildman–Crippen MR) is 127 cm³/mol. The quantitative estimate of drug-likeness (QED) is 0.259. The Morgan fingerprint density at radius 1 is 0.581 bits per heavy atom. The third-order valence-corrected chi connectivity index (χ3v) is 7.18. The Hall–Kier alpha value is -3.91. The van der Waals surface area contributed by atoms with Crippen LogP contribution < -0.4 is 0 Å². The molecule has 8 rings (SSSR count). The van der Waals surface area contributed by atoms with E-state index < -0.39 is 0 Å². The zero-order valence-electron chi connectivity index (χ0n) is 16.9. The van der Waals surface area contributed by atoms with Crippen LogP contribution in [0.2, 0.25) is 0 Å². The molecule has 2 heterocycles. The van der Waals surface area contributed by atoms with E-state index in [0.717, 1.165) is 18.5 Å². The van der Waals surface area contributed by atoms with Gasteiger partial charge in [0.1, 0.15) is 5.65 Å². The van der Waals surface area contributed by atoms with E-state index in [2.05, 4.69) is 89.3 Å². The van der Waals surface area contributed by atoms with Gasteiger partial charge < -0.3 is 0 Å². The van der Waals surface area contributed by atoms with Gasteiger partial charge in [0.05, 0.1) is 16.9 Å². The van der Waals surface area contributed by atoms with E-state index >= 15 is 0 Å². The second-order valence-electron chi connectivity index (χ2n) is 8.81. The van der Waals surface area contributed by atoms with E-state index in [9.17, 15) is 0 Å².